The summed E-state index contributed by atoms with van der Waals surface area (Å²) in [6, 6.07) is 12.7. The monoisotopic (exact) mass is 341 g/mol. The van der Waals surface area contributed by atoms with E-state index in [9.17, 15) is 14.4 Å². The maximum absolute atomic E-state index is 12.2. The van der Waals surface area contributed by atoms with Gasteiger partial charge in [0.2, 0.25) is 5.91 Å². The lowest BCUT2D eigenvalue weighted by molar-refractivity contribution is -0.122. The molecule has 0 heterocycles. The summed E-state index contributed by atoms with van der Waals surface area (Å²) in [6.07, 6.45) is 0. The van der Waals surface area contributed by atoms with Crippen LogP contribution < -0.4 is 21.1 Å². The molecule has 0 fully saturated rings. The van der Waals surface area contributed by atoms with Gasteiger partial charge < -0.3 is 21.1 Å². The largest absolute Gasteiger partial charge is 0.484 e. The first kappa shape index (κ1) is 18.0. The summed E-state index contributed by atoms with van der Waals surface area (Å²) in [7, 11) is 0. The van der Waals surface area contributed by atoms with Crippen molar-refractivity contribution < 1.29 is 19.1 Å². The van der Waals surface area contributed by atoms with Crippen LogP contribution in [0.2, 0.25) is 0 Å². The lowest BCUT2D eigenvalue weighted by Crippen LogP contribution is -2.28. The Morgan fingerprint density at radius 3 is 2.12 bits per heavy atom. The van der Waals surface area contributed by atoms with Crippen molar-refractivity contribution in [3.05, 3.63) is 59.7 Å². The van der Waals surface area contributed by atoms with Crippen molar-refractivity contribution in [1.82, 2.24) is 5.32 Å². The Labute approximate surface area is 145 Å². The molecule has 0 saturated heterocycles. The zero-order valence-electron chi connectivity index (χ0n) is 13.7. The number of benzene rings is 2. The van der Waals surface area contributed by atoms with Gasteiger partial charge in [-0.1, -0.05) is 0 Å². The molecule has 7 heteroatoms. The molecular weight excluding hydrogens is 322 g/mol. The minimum atomic E-state index is -0.546. The van der Waals surface area contributed by atoms with Crippen LogP contribution in [0.5, 0.6) is 5.75 Å². The number of hydrogen-bond donors (Lipinski definition) is 3. The van der Waals surface area contributed by atoms with Crippen LogP contribution in [-0.4, -0.2) is 30.9 Å². The molecule has 130 valence electrons. The van der Waals surface area contributed by atoms with Crippen molar-refractivity contribution in [2.45, 2.75) is 6.92 Å². The Bertz CT molecular complexity index is 755. The maximum Gasteiger partial charge on any atom is 0.257 e. The van der Waals surface area contributed by atoms with Crippen LogP contribution in [0.1, 0.15) is 27.6 Å². The zero-order valence-corrected chi connectivity index (χ0v) is 13.7. The first-order valence-corrected chi connectivity index (χ1v) is 7.70. The molecule has 0 unspecified atom stereocenters. The van der Waals surface area contributed by atoms with E-state index in [1.54, 1.807) is 24.3 Å². The molecule has 0 bridgehead atoms. The fourth-order valence-electron chi connectivity index (χ4n) is 2.02. The summed E-state index contributed by atoms with van der Waals surface area (Å²) < 4.78 is 5.33. The summed E-state index contributed by atoms with van der Waals surface area (Å²) >= 11 is 0. The number of likely N-dealkylation sites (N-methyl/N-ethyl adjacent to an activating group) is 1. The number of nitrogens with one attached hydrogen (secondary N) is 2. The second-order valence-electron chi connectivity index (χ2n) is 5.16. The highest BCUT2D eigenvalue weighted by molar-refractivity contribution is 6.05. The summed E-state index contributed by atoms with van der Waals surface area (Å²) in [5, 5.41) is 5.36. The van der Waals surface area contributed by atoms with Gasteiger partial charge in [0.1, 0.15) is 5.75 Å². The van der Waals surface area contributed by atoms with Crippen LogP contribution in [-0.2, 0) is 4.79 Å². The predicted octanol–water partition coefficient (Wildman–Crippen LogP) is 1.55. The van der Waals surface area contributed by atoms with Crippen LogP contribution in [0.3, 0.4) is 0 Å². The van der Waals surface area contributed by atoms with Crippen LogP contribution in [0.25, 0.3) is 0 Å². The molecule has 0 aliphatic rings. The van der Waals surface area contributed by atoms with E-state index >= 15 is 0 Å². The highest BCUT2D eigenvalue weighted by Crippen LogP contribution is 2.16. The van der Waals surface area contributed by atoms with Gasteiger partial charge in [-0.2, -0.15) is 0 Å². The van der Waals surface area contributed by atoms with Gasteiger partial charge in [-0.05, 0) is 55.5 Å². The van der Waals surface area contributed by atoms with Crippen molar-refractivity contribution in [3.8, 4) is 5.75 Å². The molecule has 25 heavy (non-hydrogen) atoms. The highest BCUT2D eigenvalue weighted by Gasteiger charge is 2.08. The Morgan fingerprint density at radius 2 is 1.56 bits per heavy atom. The number of amides is 3. The minimum Gasteiger partial charge on any atom is -0.484 e. The zero-order chi connectivity index (χ0) is 18.2. The van der Waals surface area contributed by atoms with Gasteiger partial charge in [0.15, 0.2) is 6.61 Å². The van der Waals surface area contributed by atoms with Gasteiger partial charge in [0, 0.05) is 23.4 Å². The Kier molecular flexibility index (Phi) is 6.11. The fourth-order valence-corrected chi connectivity index (χ4v) is 2.02. The third kappa shape index (κ3) is 5.35. The summed E-state index contributed by atoms with van der Waals surface area (Å²) in [4.78, 5) is 34.5. The summed E-state index contributed by atoms with van der Waals surface area (Å²) in [6.45, 7) is 2.32. The first-order chi connectivity index (χ1) is 12.0. The lowest BCUT2D eigenvalue weighted by Gasteiger charge is -2.08. The van der Waals surface area contributed by atoms with E-state index in [1.165, 1.54) is 24.3 Å². The Balaban J connectivity index is 1.92. The number of carbonyl (C=O) groups is 3. The third-order valence-corrected chi connectivity index (χ3v) is 3.29. The van der Waals surface area contributed by atoms with Crippen LogP contribution >= 0.6 is 0 Å². The number of ether oxygens (including phenoxy) is 1. The minimum absolute atomic E-state index is 0.0637. The predicted molar refractivity (Wildman–Crippen MR) is 93.5 cm³/mol. The number of anilines is 1. The van der Waals surface area contributed by atoms with E-state index in [2.05, 4.69) is 10.6 Å². The van der Waals surface area contributed by atoms with Gasteiger partial charge in [0.25, 0.3) is 11.8 Å². The van der Waals surface area contributed by atoms with Crippen LogP contribution in [0.4, 0.5) is 5.69 Å². The average Bonchev–Trinajstić information content (AvgIpc) is 2.61. The summed E-state index contributed by atoms with van der Waals surface area (Å²) in [5.74, 6) is -0.531. The standard InChI is InChI=1S/C18H19N3O4/c1-2-20-16(22)11-25-15-9-7-14(8-10-15)21-18(24)13-5-3-12(4-6-13)17(19)23/h3-10H,2,11H2,1H3,(H2,19,23)(H,20,22)(H,21,24). The molecule has 0 saturated carbocycles. The van der Waals surface area contributed by atoms with Crippen molar-refractivity contribution >= 4 is 23.4 Å². The molecule has 4 N–H and O–H groups in total. The molecule has 2 aromatic rings. The van der Waals surface area contributed by atoms with E-state index in [0.29, 0.717) is 29.1 Å². The molecule has 7 nitrogen and oxygen atoms in total. The van der Waals surface area contributed by atoms with Crippen molar-refractivity contribution in [1.29, 1.82) is 0 Å². The molecule has 0 spiro atoms. The Morgan fingerprint density at radius 1 is 0.960 bits per heavy atom. The normalized spacial score (nSPS) is 9.96. The third-order valence-electron chi connectivity index (χ3n) is 3.29. The average molecular weight is 341 g/mol. The molecule has 0 atom stereocenters. The second-order valence-corrected chi connectivity index (χ2v) is 5.16. The molecule has 2 aromatic carbocycles. The van der Waals surface area contributed by atoms with E-state index in [-0.39, 0.29) is 18.4 Å². The highest BCUT2D eigenvalue weighted by atomic mass is 16.5. The van der Waals surface area contributed by atoms with E-state index < -0.39 is 5.91 Å². The maximum atomic E-state index is 12.2. The van der Waals surface area contributed by atoms with Crippen LogP contribution in [0.15, 0.2) is 48.5 Å². The number of primary amides is 1. The van der Waals surface area contributed by atoms with E-state index in [4.69, 9.17) is 10.5 Å². The van der Waals surface area contributed by atoms with Gasteiger partial charge in [-0.15, -0.1) is 0 Å². The first-order valence-electron chi connectivity index (χ1n) is 7.70. The quantitative estimate of drug-likeness (QED) is 0.709. The number of hydrogen-bond acceptors (Lipinski definition) is 4. The van der Waals surface area contributed by atoms with Gasteiger partial charge in [0.05, 0.1) is 0 Å². The topological polar surface area (TPSA) is 111 Å². The SMILES string of the molecule is CCNC(=O)COc1ccc(NC(=O)c2ccc(C(N)=O)cc2)cc1. The van der Waals surface area contributed by atoms with Crippen molar-refractivity contribution in [2.24, 2.45) is 5.73 Å². The number of carbonyl (C=O) groups excluding carboxylic acids is 3. The van der Waals surface area contributed by atoms with Gasteiger partial charge >= 0.3 is 0 Å². The summed E-state index contributed by atoms with van der Waals surface area (Å²) in [5.41, 5.74) is 6.48. The number of nitrogens with two attached hydrogens (primary N) is 1. The number of rotatable bonds is 7. The van der Waals surface area contributed by atoms with Crippen molar-refractivity contribution in [2.75, 3.05) is 18.5 Å². The molecule has 0 aliphatic heterocycles. The molecule has 0 aromatic heterocycles. The van der Waals surface area contributed by atoms with E-state index in [0.717, 1.165) is 0 Å². The van der Waals surface area contributed by atoms with Gasteiger partial charge in [-0.25, -0.2) is 0 Å². The molecule has 2 rings (SSSR count). The second kappa shape index (κ2) is 8.49. The molecular formula is C18H19N3O4. The molecule has 0 radical (unpaired) electrons. The van der Waals surface area contributed by atoms with Crippen molar-refractivity contribution in [3.63, 3.8) is 0 Å². The lowest BCUT2D eigenvalue weighted by atomic mass is 10.1. The van der Waals surface area contributed by atoms with E-state index in [1.807, 2.05) is 6.92 Å². The smallest absolute Gasteiger partial charge is 0.257 e. The fraction of sp³-hybridized carbons (Fsp3) is 0.167. The molecule has 3 amide bonds. The Hall–Kier alpha value is -3.35. The molecule has 0 aliphatic carbocycles. The van der Waals surface area contributed by atoms with Gasteiger partial charge in [-0.3, -0.25) is 14.4 Å². The van der Waals surface area contributed by atoms with Crippen LogP contribution in [0, 0.1) is 0 Å².